The van der Waals surface area contributed by atoms with E-state index in [4.69, 9.17) is 37.4 Å². The molecule has 0 saturated carbocycles. The van der Waals surface area contributed by atoms with Crippen LogP contribution in [0.4, 0.5) is 4.79 Å². The smallest absolute Gasteiger partial charge is 0.411 e. The second kappa shape index (κ2) is 14.8. The normalized spacial score (nSPS) is 18.2. The molecule has 2 atom stereocenters. The van der Waals surface area contributed by atoms with Crippen LogP contribution in [-0.4, -0.2) is 96.0 Å². The third kappa shape index (κ3) is 8.40. The van der Waals surface area contributed by atoms with Crippen molar-refractivity contribution in [2.24, 2.45) is 0 Å². The number of rotatable bonds is 11. The van der Waals surface area contributed by atoms with E-state index in [1.807, 2.05) is 0 Å². The van der Waals surface area contributed by atoms with Crippen molar-refractivity contribution < 1.29 is 33.7 Å². The maximum Gasteiger partial charge on any atom is 0.411 e. The van der Waals surface area contributed by atoms with Gasteiger partial charge in [-0.3, -0.25) is 14.6 Å². The van der Waals surface area contributed by atoms with Crippen LogP contribution in [0.5, 0.6) is 5.75 Å². The number of hydrogen-bond donors (Lipinski definition) is 2. The third-order valence-electron chi connectivity index (χ3n) is 6.58. The average molecular weight is 613 g/mol. The zero-order chi connectivity index (χ0) is 28.5. The van der Waals surface area contributed by atoms with Gasteiger partial charge in [0.1, 0.15) is 31.0 Å². The predicted octanol–water partition coefficient (Wildman–Crippen LogP) is 3.53. The number of hydrogen-bond acceptors (Lipinski definition) is 8. The number of morpholine rings is 1. The first-order chi connectivity index (χ1) is 19.3. The number of aliphatic carboxylic acids is 1. The van der Waals surface area contributed by atoms with Gasteiger partial charge in [-0.05, 0) is 29.8 Å². The first-order valence-corrected chi connectivity index (χ1v) is 14.7. The lowest BCUT2D eigenvalue weighted by Gasteiger charge is -2.27. The molecule has 10 nitrogen and oxygen atoms in total. The Balaban J connectivity index is 1.27. The van der Waals surface area contributed by atoms with Crippen LogP contribution in [0.3, 0.4) is 0 Å². The molecular formula is C27H31Cl2N3O7S. The zero-order valence-corrected chi connectivity index (χ0v) is 24.1. The number of amides is 2. The van der Waals surface area contributed by atoms with Crippen molar-refractivity contribution in [3.63, 3.8) is 0 Å². The number of thioether (sulfide) groups is 1. The van der Waals surface area contributed by atoms with Gasteiger partial charge in [-0.15, -0.1) is 11.8 Å². The van der Waals surface area contributed by atoms with E-state index in [9.17, 15) is 19.5 Å². The van der Waals surface area contributed by atoms with Crippen LogP contribution in [-0.2, 0) is 32.1 Å². The number of nitrogens with zero attached hydrogens (tertiary/aromatic N) is 2. The molecule has 2 N–H and O–H groups in total. The van der Waals surface area contributed by atoms with E-state index in [0.717, 1.165) is 13.1 Å². The van der Waals surface area contributed by atoms with Gasteiger partial charge in [0, 0.05) is 47.4 Å². The monoisotopic (exact) mass is 611 g/mol. The Morgan fingerprint density at radius 3 is 2.48 bits per heavy atom. The number of benzene rings is 2. The van der Waals surface area contributed by atoms with Crippen molar-refractivity contribution in [3.8, 4) is 5.75 Å². The maximum atomic E-state index is 13.0. The van der Waals surface area contributed by atoms with E-state index in [1.165, 1.54) is 16.7 Å². The van der Waals surface area contributed by atoms with E-state index in [2.05, 4.69) is 10.2 Å². The van der Waals surface area contributed by atoms with Gasteiger partial charge in [0.25, 0.3) is 0 Å². The highest BCUT2D eigenvalue weighted by Crippen LogP contribution is 2.26. The Kier molecular flexibility index (Phi) is 11.2. The van der Waals surface area contributed by atoms with E-state index in [0.29, 0.717) is 58.3 Å². The molecule has 40 heavy (non-hydrogen) atoms. The summed E-state index contributed by atoms with van der Waals surface area (Å²) in [6.07, 6.45) is -0.527. The molecule has 0 aromatic heterocycles. The van der Waals surface area contributed by atoms with E-state index in [1.54, 1.807) is 42.5 Å². The first-order valence-electron chi connectivity index (χ1n) is 12.8. The third-order valence-corrected chi connectivity index (χ3v) is 8.30. The number of carbonyl (C=O) groups is 3. The highest BCUT2D eigenvalue weighted by molar-refractivity contribution is 7.99. The van der Waals surface area contributed by atoms with Gasteiger partial charge >= 0.3 is 12.1 Å². The lowest BCUT2D eigenvalue weighted by atomic mass is 10.1. The minimum absolute atomic E-state index is 0.0571. The lowest BCUT2D eigenvalue weighted by Crippen LogP contribution is -2.52. The zero-order valence-electron chi connectivity index (χ0n) is 21.7. The van der Waals surface area contributed by atoms with Crippen molar-refractivity contribution in [2.45, 2.75) is 25.1 Å². The number of nitrogens with one attached hydrogen (secondary N) is 1. The van der Waals surface area contributed by atoms with Crippen LogP contribution < -0.4 is 10.1 Å². The average Bonchev–Trinajstić information content (AvgIpc) is 3.44. The number of halogens is 2. The van der Waals surface area contributed by atoms with E-state index in [-0.39, 0.29) is 19.6 Å². The molecule has 0 bridgehead atoms. The molecule has 0 aliphatic carbocycles. The SMILES string of the molecule is O=C(O)[C@H](Cc1ccc(OCc2c(Cl)cccc2Cl)cc1)NC(=O)[C@H]1CSCN1C(=O)OCCN1CCOCC1. The summed E-state index contributed by atoms with van der Waals surface area (Å²) >= 11 is 13.8. The van der Waals surface area contributed by atoms with Crippen LogP contribution in [0, 0.1) is 0 Å². The standard InChI is InChI=1S/C27H31Cl2N3O7S/c28-21-2-1-3-22(29)20(21)15-39-19-6-4-18(5-7-19)14-23(26(34)35)30-25(33)24-16-40-17-32(24)27(36)38-13-10-31-8-11-37-12-9-31/h1-7,23-24H,8-17H2,(H,30,33)(H,34,35)/t23-,24+/m0/s1. The number of carboxylic acid groups (broad SMARTS) is 1. The Labute approximate surface area is 246 Å². The van der Waals surface area contributed by atoms with E-state index < -0.39 is 30.1 Å². The molecule has 2 aromatic carbocycles. The number of carboxylic acids is 1. The van der Waals surface area contributed by atoms with Crippen LogP contribution in [0.1, 0.15) is 11.1 Å². The minimum Gasteiger partial charge on any atom is -0.489 e. The molecule has 2 aliphatic rings. The molecule has 13 heteroatoms. The van der Waals surface area contributed by atoms with E-state index >= 15 is 0 Å². The molecule has 0 radical (unpaired) electrons. The molecule has 0 unspecified atom stereocenters. The van der Waals surface area contributed by atoms with Gasteiger partial charge in [-0.25, -0.2) is 9.59 Å². The predicted molar refractivity (Wildman–Crippen MR) is 152 cm³/mol. The fourth-order valence-corrected chi connectivity index (χ4v) is 5.91. The first kappa shape index (κ1) is 30.3. The van der Waals surface area contributed by atoms with Crippen molar-refractivity contribution in [1.29, 1.82) is 0 Å². The molecule has 0 spiro atoms. The maximum absolute atomic E-state index is 13.0. The summed E-state index contributed by atoms with van der Waals surface area (Å²) in [6.45, 7) is 3.85. The van der Waals surface area contributed by atoms with Crippen molar-refractivity contribution in [2.75, 3.05) is 51.1 Å². The van der Waals surface area contributed by atoms with Crippen LogP contribution in [0.25, 0.3) is 0 Å². The Morgan fingerprint density at radius 1 is 1.10 bits per heavy atom. The van der Waals surface area contributed by atoms with Gasteiger partial charge in [0.15, 0.2) is 0 Å². The van der Waals surface area contributed by atoms with Crippen LogP contribution >= 0.6 is 35.0 Å². The molecule has 4 rings (SSSR count). The van der Waals surface area contributed by atoms with Crippen molar-refractivity contribution in [3.05, 3.63) is 63.6 Å². The molecular weight excluding hydrogens is 581 g/mol. The van der Waals surface area contributed by atoms with Crippen LogP contribution in [0.15, 0.2) is 42.5 Å². The highest BCUT2D eigenvalue weighted by Gasteiger charge is 2.37. The van der Waals surface area contributed by atoms with Gasteiger partial charge < -0.3 is 24.6 Å². The van der Waals surface area contributed by atoms with Gasteiger partial charge in [-0.1, -0.05) is 41.4 Å². The molecule has 2 amide bonds. The highest BCUT2D eigenvalue weighted by atomic mass is 35.5. The fourth-order valence-electron chi connectivity index (χ4n) is 4.26. The quantitative estimate of drug-likeness (QED) is 0.393. The molecule has 2 fully saturated rings. The summed E-state index contributed by atoms with van der Waals surface area (Å²) in [5.41, 5.74) is 1.36. The minimum atomic E-state index is -1.18. The lowest BCUT2D eigenvalue weighted by molar-refractivity contribution is -0.142. The summed E-state index contributed by atoms with van der Waals surface area (Å²) in [5.74, 6) is -0.487. The second-order valence-electron chi connectivity index (χ2n) is 9.29. The van der Waals surface area contributed by atoms with Gasteiger partial charge in [-0.2, -0.15) is 0 Å². The summed E-state index contributed by atoms with van der Waals surface area (Å²) in [5, 5.41) is 13.4. The topological polar surface area (TPSA) is 118 Å². The van der Waals surface area contributed by atoms with Gasteiger partial charge in [0.2, 0.25) is 5.91 Å². The molecule has 216 valence electrons. The number of ether oxygens (including phenoxy) is 3. The van der Waals surface area contributed by atoms with Crippen LogP contribution in [0.2, 0.25) is 10.0 Å². The van der Waals surface area contributed by atoms with Crippen molar-refractivity contribution in [1.82, 2.24) is 15.1 Å². The summed E-state index contributed by atoms with van der Waals surface area (Å²) in [6, 6.07) is 10.1. The fraction of sp³-hybridized carbons (Fsp3) is 0.444. The Bertz CT molecular complexity index is 1160. The Morgan fingerprint density at radius 2 is 1.80 bits per heavy atom. The molecule has 2 aliphatic heterocycles. The number of carbonyl (C=O) groups excluding carboxylic acids is 2. The largest absolute Gasteiger partial charge is 0.489 e. The molecule has 2 aromatic rings. The summed E-state index contributed by atoms with van der Waals surface area (Å²) in [4.78, 5) is 41.1. The molecule has 2 saturated heterocycles. The Hall–Kier alpha value is -2.70. The summed E-state index contributed by atoms with van der Waals surface area (Å²) in [7, 11) is 0. The second-order valence-corrected chi connectivity index (χ2v) is 11.1. The van der Waals surface area contributed by atoms with Gasteiger partial charge in [0.05, 0.1) is 19.1 Å². The summed E-state index contributed by atoms with van der Waals surface area (Å²) < 4.78 is 16.5. The molecule has 2 heterocycles. The van der Waals surface area contributed by atoms with Crippen molar-refractivity contribution >= 4 is 52.9 Å².